The summed E-state index contributed by atoms with van der Waals surface area (Å²) in [6.07, 6.45) is 5.36. The molecule has 23 heteroatoms. The number of amides is 5. The van der Waals surface area contributed by atoms with Crippen LogP contribution >= 0.6 is 11.3 Å². The first-order valence-corrected chi connectivity index (χ1v) is 27.2. The van der Waals surface area contributed by atoms with Crippen molar-refractivity contribution in [1.29, 1.82) is 0 Å². The SMILES string of the molecule is Cc1cc(Nc2nc(N[C@H]3CCCC[C@H]3NC(=O)OC(C)(C)C)n3ccnc3c2C(N)=O)cc(OCCOCCOCCOCC(=O)N[C@H](C(=O)N2C[C@H](O)C[C@H]2C(=O)NCc2ccc(-c3scnc3C)cc2)C(C)(C)C)c1. The number of aryl methyl sites for hydroxylation is 2. The summed E-state index contributed by atoms with van der Waals surface area (Å²) in [7, 11) is 0. The van der Waals surface area contributed by atoms with Crippen LogP contribution in [0.4, 0.5) is 22.2 Å². The first kappa shape index (κ1) is 58.8. The zero-order valence-corrected chi connectivity index (χ0v) is 46.6. The number of ether oxygens (including phenoxy) is 5. The number of aliphatic hydroxyl groups excluding tert-OH is 1. The minimum absolute atomic E-state index is 0.0358. The number of carbonyl (C=O) groups is 5. The number of aliphatic hydroxyl groups is 1. The first-order chi connectivity index (χ1) is 37.1. The summed E-state index contributed by atoms with van der Waals surface area (Å²) in [4.78, 5) is 82.3. The van der Waals surface area contributed by atoms with Gasteiger partial charge in [0.2, 0.25) is 23.7 Å². The fourth-order valence-corrected chi connectivity index (χ4v) is 10.2. The van der Waals surface area contributed by atoms with E-state index in [-0.39, 0.29) is 95.1 Å². The van der Waals surface area contributed by atoms with E-state index in [0.717, 1.165) is 52.9 Å². The molecule has 0 radical (unpaired) electrons. The number of hydrogen-bond acceptors (Lipinski definition) is 17. The molecule has 1 saturated carbocycles. The van der Waals surface area contributed by atoms with Gasteiger partial charge < -0.3 is 66.0 Å². The largest absolute Gasteiger partial charge is 0.491 e. The zero-order valence-electron chi connectivity index (χ0n) is 45.8. The molecule has 3 aromatic heterocycles. The van der Waals surface area contributed by atoms with Crippen molar-refractivity contribution in [3.63, 3.8) is 0 Å². The average Bonchev–Trinajstić information content (AvgIpc) is 4.17. The molecule has 0 unspecified atom stereocenters. The lowest BCUT2D eigenvalue weighted by molar-refractivity contribution is -0.144. The highest BCUT2D eigenvalue weighted by Crippen LogP contribution is 2.32. The Morgan fingerprint density at radius 1 is 0.885 bits per heavy atom. The minimum Gasteiger partial charge on any atom is -0.491 e. The summed E-state index contributed by atoms with van der Waals surface area (Å²) in [5.41, 5.74) is 11.1. The molecule has 7 rings (SSSR count). The number of likely N-dealkylation sites (tertiary alicyclic amines) is 1. The topological polar surface area (TPSA) is 284 Å². The van der Waals surface area contributed by atoms with Crippen LogP contribution in [0.25, 0.3) is 16.1 Å². The molecule has 78 heavy (non-hydrogen) atoms. The van der Waals surface area contributed by atoms with E-state index in [4.69, 9.17) is 34.4 Å². The molecule has 0 spiro atoms. The Kier molecular flexibility index (Phi) is 20.1. The molecular weight excluding hydrogens is 1020 g/mol. The van der Waals surface area contributed by atoms with Crippen molar-refractivity contribution in [2.75, 3.05) is 63.4 Å². The summed E-state index contributed by atoms with van der Waals surface area (Å²) in [6, 6.07) is 11.0. The van der Waals surface area contributed by atoms with E-state index < -0.39 is 53.0 Å². The van der Waals surface area contributed by atoms with Crippen molar-refractivity contribution in [2.45, 2.75) is 130 Å². The smallest absolute Gasteiger partial charge is 0.407 e. The number of rotatable bonds is 24. The highest BCUT2D eigenvalue weighted by atomic mass is 32.1. The fourth-order valence-electron chi connectivity index (χ4n) is 9.35. The molecule has 1 aliphatic heterocycles. The molecule has 422 valence electrons. The number of nitrogens with zero attached hydrogens (tertiary/aromatic N) is 5. The van der Waals surface area contributed by atoms with Crippen LogP contribution in [-0.2, 0) is 39.9 Å². The number of nitrogens with two attached hydrogens (primary N) is 1. The zero-order chi connectivity index (χ0) is 56.1. The van der Waals surface area contributed by atoms with Crippen molar-refractivity contribution in [3.05, 3.63) is 82.8 Å². The van der Waals surface area contributed by atoms with Gasteiger partial charge in [0.1, 0.15) is 42.2 Å². The number of aromatic nitrogens is 4. The molecule has 22 nitrogen and oxygen atoms in total. The number of hydrogen-bond donors (Lipinski definition) is 7. The second-order valence-electron chi connectivity index (χ2n) is 21.7. The van der Waals surface area contributed by atoms with Crippen LogP contribution in [0, 0.1) is 19.3 Å². The van der Waals surface area contributed by atoms with Crippen molar-refractivity contribution in [3.8, 4) is 16.2 Å². The van der Waals surface area contributed by atoms with Crippen molar-refractivity contribution in [1.82, 2.24) is 40.2 Å². The number of thiazole rings is 1. The van der Waals surface area contributed by atoms with Crippen LogP contribution in [-0.4, -0.2) is 148 Å². The Morgan fingerprint density at radius 3 is 2.24 bits per heavy atom. The highest BCUT2D eigenvalue weighted by Gasteiger charge is 2.44. The lowest BCUT2D eigenvalue weighted by Gasteiger charge is -2.35. The Balaban J connectivity index is 0.815. The lowest BCUT2D eigenvalue weighted by atomic mass is 9.85. The van der Waals surface area contributed by atoms with E-state index in [1.165, 1.54) is 4.90 Å². The van der Waals surface area contributed by atoms with Gasteiger partial charge in [0.05, 0.1) is 61.3 Å². The normalized spacial score (nSPS) is 18.0. The fraction of sp³-hybridized carbons (Fsp3) is 0.527. The molecule has 5 amide bonds. The number of β-amino-alcohol motifs (C(OH)–C–C–N with tert-alkyl or cyclic N) is 1. The predicted octanol–water partition coefficient (Wildman–Crippen LogP) is 5.80. The number of fused-ring (bicyclic) bond motifs is 1. The van der Waals surface area contributed by atoms with Gasteiger partial charge in [0.15, 0.2) is 11.5 Å². The Hall–Kier alpha value is -6.92. The maximum absolute atomic E-state index is 14.0. The molecule has 5 atom stereocenters. The standard InChI is InChI=1S/C55H75N11O11S/c1-33-25-37(60-48-44(47(56)69)49-57-17-18-65(49)52(64-48)61-40-11-9-10-12-41(40)62-53(72)77-55(6,7)8)27-39(26-33)76-24-23-74-20-19-73-21-22-75-31-43(68)63-46(54(3,4)5)51(71)66-30-38(67)28-42(66)50(70)58-29-35-13-15-36(16-14-35)45-34(2)59-32-78-45/h13-18,25-27,32,38,40-42,46,60,67H,9-12,19-24,28-31H2,1-8H3,(H2,56,69)(H,58,70)(H,61,64)(H,62,72)(H,63,68)/t38-,40+,41-,42+,46-/m1/s1. The summed E-state index contributed by atoms with van der Waals surface area (Å²) < 4.78 is 30.2. The van der Waals surface area contributed by atoms with Gasteiger partial charge >= 0.3 is 6.09 Å². The van der Waals surface area contributed by atoms with Crippen LogP contribution in [0.1, 0.15) is 101 Å². The number of anilines is 3. The Morgan fingerprint density at radius 2 is 1.58 bits per heavy atom. The van der Waals surface area contributed by atoms with Gasteiger partial charge in [-0.15, -0.1) is 11.3 Å². The Labute approximate surface area is 458 Å². The number of primary amides is 1. The van der Waals surface area contributed by atoms with E-state index in [9.17, 15) is 29.1 Å². The molecule has 1 aliphatic carbocycles. The Bertz CT molecular complexity index is 2860. The van der Waals surface area contributed by atoms with Gasteiger partial charge in [-0.05, 0) is 81.7 Å². The van der Waals surface area contributed by atoms with Crippen molar-refractivity contribution in [2.24, 2.45) is 11.1 Å². The van der Waals surface area contributed by atoms with Gasteiger partial charge in [0.25, 0.3) is 5.91 Å². The summed E-state index contributed by atoms with van der Waals surface area (Å²) >= 11 is 1.56. The van der Waals surface area contributed by atoms with Gasteiger partial charge in [-0.1, -0.05) is 57.9 Å². The van der Waals surface area contributed by atoms with E-state index in [1.807, 2.05) is 91.8 Å². The molecule has 2 fully saturated rings. The van der Waals surface area contributed by atoms with Crippen LogP contribution in [0.3, 0.4) is 0 Å². The van der Waals surface area contributed by atoms with Crippen LogP contribution in [0.2, 0.25) is 0 Å². The number of benzene rings is 2. The molecule has 2 aromatic carbocycles. The molecular formula is C55H75N11O11S. The quantitative estimate of drug-likeness (QED) is 0.0360. The summed E-state index contributed by atoms with van der Waals surface area (Å²) in [5.74, 6) is -0.919. The summed E-state index contributed by atoms with van der Waals surface area (Å²) in [6.45, 7) is 16.0. The predicted molar refractivity (Wildman–Crippen MR) is 295 cm³/mol. The maximum Gasteiger partial charge on any atom is 0.407 e. The summed E-state index contributed by atoms with van der Waals surface area (Å²) in [5, 5.41) is 26.1. The molecule has 8 N–H and O–H groups in total. The molecule has 4 heterocycles. The number of imidazole rings is 1. The number of alkyl carbamates (subject to hydrolysis) is 1. The van der Waals surface area contributed by atoms with Crippen LogP contribution in [0.15, 0.2) is 60.4 Å². The maximum atomic E-state index is 14.0. The monoisotopic (exact) mass is 1100 g/mol. The van der Waals surface area contributed by atoms with E-state index in [0.29, 0.717) is 23.0 Å². The number of nitrogens with one attached hydrogen (secondary N) is 5. The van der Waals surface area contributed by atoms with Gasteiger partial charge in [-0.3, -0.25) is 23.6 Å². The van der Waals surface area contributed by atoms with Gasteiger partial charge in [0, 0.05) is 49.7 Å². The van der Waals surface area contributed by atoms with E-state index in [2.05, 4.69) is 36.6 Å². The average molecular weight is 1100 g/mol. The van der Waals surface area contributed by atoms with Crippen molar-refractivity contribution >= 4 is 64.2 Å². The minimum atomic E-state index is -0.994. The second-order valence-corrected chi connectivity index (χ2v) is 22.5. The second kappa shape index (κ2) is 26.6. The lowest BCUT2D eigenvalue weighted by Crippen LogP contribution is -2.58. The molecule has 5 aromatic rings. The molecule has 2 aliphatic rings. The molecule has 1 saturated heterocycles. The van der Waals surface area contributed by atoms with E-state index >= 15 is 0 Å². The van der Waals surface area contributed by atoms with Crippen LogP contribution < -0.4 is 37.1 Å². The van der Waals surface area contributed by atoms with Gasteiger partial charge in [-0.2, -0.15) is 4.98 Å². The third-order valence-electron chi connectivity index (χ3n) is 13.1. The van der Waals surface area contributed by atoms with Crippen LogP contribution in [0.5, 0.6) is 5.75 Å². The van der Waals surface area contributed by atoms with Gasteiger partial charge in [-0.25, -0.2) is 14.8 Å². The van der Waals surface area contributed by atoms with E-state index in [1.54, 1.807) is 39.7 Å². The third-order valence-corrected chi connectivity index (χ3v) is 14.1. The first-order valence-electron chi connectivity index (χ1n) is 26.4. The highest BCUT2D eigenvalue weighted by molar-refractivity contribution is 7.13. The van der Waals surface area contributed by atoms with Crippen molar-refractivity contribution < 1.29 is 52.8 Å². The number of carbonyl (C=O) groups excluding carboxylic acids is 5. The third kappa shape index (κ3) is 16.3. The molecule has 0 bridgehead atoms.